The number of non-ortho nitro benzene ring substituents is 1. The van der Waals surface area contributed by atoms with Gasteiger partial charge in [0.1, 0.15) is 24.0 Å². The number of ether oxygens (including phenoxy) is 1. The van der Waals surface area contributed by atoms with E-state index >= 15 is 0 Å². The third-order valence-electron chi connectivity index (χ3n) is 3.49. The van der Waals surface area contributed by atoms with Gasteiger partial charge in [0.2, 0.25) is 0 Å². The molecule has 1 amide bonds. The number of hydrogen-bond acceptors (Lipinski definition) is 5. The van der Waals surface area contributed by atoms with E-state index in [-0.39, 0.29) is 17.9 Å². The number of likely N-dealkylation sites (N-methyl/N-ethyl adjacent to an activating group) is 1. The molecule has 0 aliphatic heterocycles. The quantitative estimate of drug-likeness (QED) is 0.345. The lowest BCUT2D eigenvalue weighted by Crippen LogP contribution is -2.22. The molecule has 0 aromatic heterocycles. The number of benzene rings is 2. The molecule has 7 heteroatoms. The molecular weight excluding hydrogens is 334 g/mol. The van der Waals surface area contributed by atoms with Crippen molar-refractivity contribution in [2.24, 2.45) is 0 Å². The van der Waals surface area contributed by atoms with Gasteiger partial charge in [0.05, 0.1) is 4.92 Å². The van der Waals surface area contributed by atoms with E-state index in [0.717, 1.165) is 0 Å². The fourth-order valence-corrected chi connectivity index (χ4v) is 2.19. The Morgan fingerprint density at radius 3 is 2.65 bits per heavy atom. The Balaban J connectivity index is 2.24. The van der Waals surface area contributed by atoms with Gasteiger partial charge >= 0.3 is 0 Å². The lowest BCUT2D eigenvalue weighted by Gasteiger charge is -2.11. The fraction of sp³-hybridized carbons (Fsp3) is 0.158. The van der Waals surface area contributed by atoms with Crippen molar-refractivity contribution in [2.75, 3.05) is 14.1 Å². The minimum atomic E-state index is -0.466. The number of hydrogen-bond donors (Lipinski definition) is 0. The predicted molar refractivity (Wildman–Crippen MR) is 96.2 cm³/mol. The first kappa shape index (κ1) is 18.7. The lowest BCUT2D eigenvalue weighted by molar-refractivity contribution is -0.384. The average Bonchev–Trinajstić information content (AvgIpc) is 2.64. The summed E-state index contributed by atoms with van der Waals surface area (Å²) < 4.78 is 5.74. The molecule has 7 nitrogen and oxygen atoms in total. The number of amides is 1. The van der Waals surface area contributed by atoms with E-state index in [4.69, 9.17) is 4.74 Å². The summed E-state index contributed by atoms with van der Waals surface area (Å²) in [5.74, 6) is 0.0688. The third kappa shape index (κ3) is 4.68. The first-order valence-electron chi connectivity index (χ1n) is 7.71. The monoisotopic (exact) mass is 351 g/mol. The van der Waals surface area contributed by atoms with Crippen LogP contribution in [0, 0.1) is 21.4 Å². The molecule has 0 heterocycles. The molecule has 0 aliphatic carbocycles. The number of nitro groups is 1. The maximum Gasteiger partial charge on any atom is 0.269 e. The summed E-state index contributed by atoms with van der Waals surface area (Å²) in [6.07, 6.45) is 1.46. The largest absolute Gasteiger partial charge is 0.488 e. The van der Waals surface area contributed by atoms with E-state index in [1.165, 1.54) is 23.1 Å². The molecule has 0 radical (unpaired) electrons. The zero-order valence-corrected chi connectivity index (χ0v) is 14.4. The number of nitrogens with zero attached hydrogens (tertiary/aromatic N) is 3. The van der Waals surface area contributed by atoms with Gasteiger partial charge < -0.3 is 9.64 Å². The Bertz CT molecular complexity index is 898. The van der Waals surface area contributed by atoms with Crippen LogP contribution in [0.2, 0.25) is 0 Å². The Morgan fingerprint density at radius 2 is 2.00 bits per heavy atom. The van der Waals surface area contributed by atoms with Crippen LogP contribution in [-0.2, 0) is 11.4 Å². The zero-order valence-electron chi connectivity index (χ0n) is 14.4. The molecule has 2 rings (SSSR count). The second kappa shape index (κ2) is 8.44. The second-order valence-corrected chi connectivity index (χ2v) is 5.62. The van der Waals surface area contributed by atoms with Gasteiger partial charge in [-0.15, -0.1) is 0 Å². The van der Waals surface area contributed by atoms with E-state index in [2.05, 4.69) is 0 Å². The van der Waals surface area contributed by atoms with Crippen LogP contribution < -0.4 is 4.74 Å². The van der Waals surface area contributed by atoms with Gasteiger partial charge in [-0.05, 0) is 17.7 Å². The number of nitriles is 1. The van der Waals surface area contributed by atoms with E-state index in [0.29, 0.717) is 16.9 Å². The van der Waals surface area contributed by atoms with Crippen LogP contribution >= 0.6 is 0 Å². The number of nitro benzene ring substituents is 1. The number of carbonyl (C=O) groups is 1. The Morgan fingerprint density at radius 1 is 1.27 bits per heavy atom. The maximum atomic E-state index is 12.0. The average molecular weight is 351 g/mol. The van der Waals surface area contributed by atoms with Gasteiger partial charge in [0.15, 0.2) is 0 Å². The first-order chi connectivity index (χ1) is 12.4. The van der Waals surface area contributed by atoms with E-state index in [1.54, 1.807) is 50.5 Å². The second-order valence-electron chi connectivity index (χ2n) is 5.62. The first-order valence-corrected chi connectivity index (χ1v) is 7.71. The standard InChI is InChI=1S/C19H17N3O4/c1-21(2)19(23)16(12-20)11-15-7-3-4-9-18(15)26-13-14-6-5-8-17(10-14)22(24)25/h3-11H,13H2,1-2H3/b16-11-. The van der Waals surface area contributed by atoms with Crippen molar-refractivity contribution in [3.63, 3.8) is 0 Å². The van der Waals surface area contributed by atoms with Crippen LogP contribution in [0.5, 0.6) is 5.75 Å². The third-order valence-corrected chi connectivity index (χ3v) is 3.49. The minimum absolute atomic E-state index is 0.0115. The van der Waals surface area contributed by atoms with Crippen LogP contribution in [0.3, 0.4) is 0 Å². The van der Waals surface area contributed by atoms with Crippen LogP contribution in [0.1, 0.15) is 11.1 Å². The van der Waals surface area contributed by atoms with Gasteiger partial charge in [-0.25, -0.2) is 0 Å². The summed E-state index contributed by atoms with van der Waals surface area (Å²) in [5.41, 5.74) is 1.19. The molecule has 26 heavy (non-hydrogen) atoms. The van der Waals surface area contributed by atoms with Crippen LogP contribution in [-0.4, -0.2) is 29.8 Å². The summed E-state index contributed by atoms with van der Waals surface area (Å²) >= 11 is 0. The number of para-hydroxylation sites is 1. The highest BCUT2D eigenvalue weighted by Crippen LogP contribution is 2.23. The molecule has 2 aromatic rings. The molecule has 0 aliphatic rings. The molecule has 0 unspecified atom stereocenters. The summed E-state index contributed by atoms with van der Waals surface area (Å²) in [5, 5.41) is 20.1. The Kier molecular flexibility index (Phi) is 6.06. The molecule has 2 aromatic carbocycles. The molecular formula is C19H17N3O4. The topological polar surface area (TPSA) is 96.5 Å². The zero-order chi connectivity index (χ0) is 19.1. The van der Waals surface area contributed by atoms with Gasteiger partial charge in [-0.2, -0.15) is 5.26 Å². The Hall–Kier alpha value is -3.66. The smallest absolute Gasteiger partial charge is 0.269 e. The Labute approximate surface area is 150 Å². The van der Waals surface area contributed by atoms with Crippen LogP contribution in [0.15, 0.2) is 54.1 Å². The molecule has 132 valence electrons. The van der Waals surface area contributed by atoms with Crippen molar-refractivity contribution < 1.29 is 14.5 Å². The molecule has 0 N–H and O–H groups in total. The summed E-state index contributed by atoms with van der Waals surface area (Å²) in [6, 6.07) is 15.0. The highest BCUT2D eigenvalue weighted by Gasteiger charge is 2.13. The molecule has 0 fully saturated rings. The highest BCUT2D eigenvalue weighted by molar-refractivity contribution is 6.01. The molecule has 0 atom stereocenters. The van der Waals surface area contributed by atoms with Crippen molar-refractivity contribution in [1.29, 1.82) is 5.26 Å². The van der Waals surface area contributed by atoms with Gasteiger partial charge in [-0.1, -0.05) is 30.3 Å². The van der Waals surface area contributed by atoms with Gasteiger partial charge in [-0.3, -0.25) is 14.9 Å². The normalized spacial score (nSPS) is 10.7. The van der Waals surface area contributed by atoms with Crippen molar-refractivity contribution in [3.8, 4) is 11.8 Å². The SMILES string of the molecule is CN(C)C(=O)/C(C#N)=C\c1ccccc1OCc1cccc([N+](=O)[O-])c1. The maximum absolute atomic E-state index is 12.0. The van der Waals surface area contributed by atoms with Crippen molar-refractivity contribution in [1.82, 2.24) is 4.90 Å². The summed E-state index contributed by atoms with van der Waals surface area (Å²) in [6.45, 7) is 0.121. The lowest BCUT2D eigenvalue weighted by atomic mass is 10.1. The van der Waals surface area contributed by atoms with E-state index in [9.17, 15) is 20.2 Å². The number of rotatable bonds is 6. The van der Waals surface area contributed by atoms with Crippen molar-refractivity contribution in [2.45, 2.75) is 6.61 Å². The fourth-order valence-electron chi connectivity index (χ4n) is 2.19. The van der Waals surface area contributed by atoms with E-state index in [1.807, 2.05) is 6.07 Å². The summed E-state index contributed by atoms with van der Waals surface area (Å²) in [7, 11) is 3.14. The van der Waals surface area contributed by atoms with E-state index < -0.39 is 10.8 Å². The molecule has 0 saturated heterocycles. The molecule has 0 bridgehead atoms. The van der Waals surface area contributed by atoms with Crippen LogP contribution in [0.4, 0.5) is 5.69 Å². The minimum Gasteiger partial charge on any atom is -0.488 e. The van der Waals surface area contributed by atoms with Crippen LogP contribution in [0.25, 0.3) is 6.08 Å². The predicted octanol–water partition coefficient (Wildman–Crippen LogP) is 3.17. The van der Waals surface area contributed by atoms with Crippen molar-refractivity contribution >= 4 is 17.7 Å². The van der Waals surface area contributed by atoms with Gasteiger partial charge in [0.25, 0.3) is 11.6 Å². The van der Waals surface area contributed by atoms with Crippen molar-refractivity contribution in [3.05, 3.63) is 75.3 Å². The van der Waals surface area contributed by atoms with Gasteiger partial charge in [0, 0.05) is 31.8 Å². The summed E-state index contributed by atoms with van der Waals surface area (Å²) in [4.78, 5) is 23.7. The highest BCUT2D eigenvalue weighted by atomic mass is 16.6. The number of carbonyl (C=O) groups excluding carboxylic acids is 1. The molecule has 0 saturated carbocycles. The molecule has 0 spiro atoms.